The fraction of sp³-hybridized carbons (Fsp3) is 0.576. The van der Waals surface area contributed by atoms with Crippen LogP contribution in [0.5, 0.6) is 5.75 Å². The van der Waals surface area contributed by atoms with Crippen molar-refractivity contribution in [2.75, 3.05) is 78.3 Å². The van der Waals surface area contributed by atoms with E-state index in [4.69, 9.17) is 28.4 Å². The number of aryl methyl sites for hydroxylation is 1. The third-order valence-electron chi connectivity index (χ3n) is 8.11. The molecule has 44 heavy (non-hydrogen) atoms. The van der Waals surface area contributed by atoms with Gasteiger partial charge in [0.25, 0.3) is 0 Å². The molecule has 2 aliphatic rings. The number of aromatic nitrogens is 3. The summed E-state index contributed by atoms with van der Waals surface area (Å²) in [5, 5.41) is 7.76. The lowest BCUT2D eigenvalue weighted by Gasteiger charge is -2.39. The number of piperidine rings is 1. The van der Waals surface area contributed by atoms with Gasteiger partial charge in [0.05, 0.1) is 50.9 Å². The highest BCUT2D eigenvalue weighted by atomic mass is 16.5. The second-order valence-electron chi connectivity index (χ2n) is 11.2. The lowest BCUT2D eigenvalue weighted by Crippen LogP contribution is -2.50. The van der Waals surface area contributed by atoms with Crippen LogP contribution in [-0.2, 0) is 43.4 Å². The Morgan fingerprint density at radius 3 is 2.45 bits per heavy atom. The van der Waals surface area contributed by atoms with Gasteiger partial charge >= 0.3 is 0 Å². The molecule has 11 heteroatoms. The second kappa shape index (κ2) is 17.4. The summed E-state index contributed by atoms with van der Waals surface area (Å²) in [6.07, 6.45) is 5.05. The number of methoxy groups -OCH3 is 2. The third kappa shape index (κ3) is 9.23. The van der Waals surface area contributed by atoms with E-state index in [1.165, 1.54) is 5.56 Å². The molecular weight excluding hydrogens is 562 g/mol. The zero-order chi connectivity index (χ0) is 30.4. The molecule has 2 aliphatic heterocycles. The van der Waals surface area contributed by atoms with Crippen LogP contribution >= 0.6 is 0 Å². The minimum Gasteiger partial charge on any atom is -0.490 e. The van der Waals surface area contributed by atoms with Gasteiger partial charge in [0.15, 0.2) is 0 Å². The van der Waals surface area contributed by atoms with Gasteiger partial charge in [0.1, 0.15) is 25.0 Å². The van der Waals surface area contributed by atoms with Crippen LogP contribution < -0.4 is 15.0 Å². The molecule has 0 bridgehead atoms. The van der Waals surface area contributed by atoms with E-state index in [0.717, 1.165) is 74.7 Å². The van der Waals surface area contributed by atoms with E-state index in [2.05, 4.69) is 62.8 Å². The molecule has 0 spiro atoms. The molecule has 5 rings (SSSR count). The van der Waals surface area contributed by atoms with Gasteiger partial charge in [-0.05, 0) is 41.7 Å². The number of benzene rings is 2. The van der Waals surface area contributed by atoms with Gasteiger partial charge in [0.2, 0.25) is 0 Å². The number of nitrogens with one attached hydrogen (secondary N) is 1. The zero-order valence-electron chi connectivity index (χ0n) is 26.1. The highest BCUT2D eigenvalue weighted by molar-refractivity contribution is 5.61. The first-order valence-corrected chi connectivity index (χ1v) is 15.7. The smallest absolute Gasteiger partial charge is 0.142 e. The summed E-state index contributed by atoms with van der Waals surface area (Å²) in [4.78, 5) is 6.42. The van der Waals surface area contributed by atoms with Gasteiger partial charge in [0, 0.05) is 59.5 Å². The lowest BCUT2D eigenvalue weighted by molar-refractivity contribution is -0.0607. The van der Waals surface area contributed by atoms with Gasteiger partial charge in [-0.15, -0.1) is 0 Å². The Morgan fingerprint density at radius 2 is 1.66 bits per heavy atom. The maximum atomic E-state index is 6.70. The Bertz CT molecular complexity index is 1230. The number of fused-ring (bicyclic) bond motifs is 1. The first-order chi connectivity index (χ1) is 21.7. The maximum Gasteiger partial charge on any atom is 0.142 e. The van der Waals surface area contributed by atoms with E-state index in [0.29, 0.717) is 39.6 Å². The molecule has 2 aromatic carbocycles. The first-order valence-electron chi connectivity index (χ1n) is 15.7. The number of hydrogen-bond acceptors (Lipinski definition) is 10. The molecule has 3 heterocycles. The van der Waals surface area contributed by atoms with Crippen LogP contribution in [0, 0.1) is 0 Å². The maximum absolute atomic E-state index is 6.70. The van der Waals surface area contributed by atoms with Crippen LogP contribution in [-0.4, -0.2) is 100 Å². The van der Waals surface area contributed by atoms with Crippen molar-refractivity contribution in [3.05, 3.63) is 71.8 Å². The first kappa shape index (κ1) is 32.3. The minimum absolute atomic E-state index is 0.0264. The predicted octanol–water partition coefficient (Wildman–Crippen LogP) is 3.42. The van der Waals surface area contributed by atoms with Crippen LogP contribution in [0.2, 0.25) is 0 Å². The molecule has 1 saturated heterocycles. The van der Waals surface area contributed by atoms with Crippen LogP contribution in [0.25, 0.3) is 0 Å². The monoisotopic (exact) mass is 609 g/mol. The molecule has 1 fully saturated rings. The average Bonchev–Trinajstić information content (AvgIpc) is 3.58. The summed E-state index contributed by atoms with van der Waals surface area (Å²) in [6, 6.07) is 15.1. The Hall–Kier alpha value is -3.06. The summed E-state index contributed by atoms with van der Waals surface area (Å²) < 4.78 is 37.1. The zero-order valence-corrected chi connectivity index (χ0v) is 26.1. The van der Waals surface area contributed by atoms with Crippen molar-refractivity contribution in [1.82, 2.24) is 20.1 Å². The molecule has 0 amide bonds. The summed E-state index contributed by atoms with van der Waals surface area (Å²) in [6.45, 7) is 8.40. The lowest BCUT2D eigenvalue weighted by atomic mass is 9.85. The number of anilines is 1. The molecule has 0 radical (unpaired) electrons. The molecule has 0 unspecified atom stereocenters. The van der Waals surface area contributed by atoms with Crippen molar-refractivity contribution in [3.8, 4) is 5.75 Å². The Kier molecular flexibility index (Phi) is 12.8. The molecule has 3 atom stereocenters. The molecule has 240 valence electrons. The largest absolute Gasteiger partial charge is 0.490 e. The Morgan fingerprint density at radius 1 is 0.864 bits per heavy atom. The number of rotatable bonds is 18. The molecular formula is C33H47N5O6. The molecule has 3 aromatic rings. The number of nitrogens with zero attached hydrogens (tertiary/aromatic N) is 4. The van der Waals surface area contributed by atoms with Gasteiger partial charge in [-0.3, -0.25) is 4.68 Å². The van der Waals surface area contributed by atoms with Crippen molar-refractivity contribution in [2.45, 2.75) is 50.7 Å². The van der Waals surface area contributed by atoms with E-state index in [1.54, 1.807) is 26.9 Å². The minimum atomic E-state index is -0.0574. The predicted molar refractivity (Wildman–Crippen MR) is 167 cm³/mol. The van der Waals surface area contributed by atoms with E-state index < -0.39 is 0 Å². The normalized spacial score (nSPS) is 20.0. The fourth-order valence-electron chi connectivity index (χ4n) is 5.84. The van der Waals surface area contributed by atoms with Crippen molar-refractivity contribution in [2.24, 2.45) is 0 Å². The summed E-state index contributed by atoms with van der Waals surface area (Å²) >= 11 is 0. The van der Waals surface area contributed by atoms with E-state index in [9.17, 15) is 0 Å². The molecule has 0 aliphatic carbocycles. The van der Waals surface area contributed by atoms with Crippen molar-refractivity contribution < 1.29 is 28.4 Å². The number of hydrogen-bond donors (Lipinski definition) is 1. The SMILES string of the molecule is COCCCN1CCOc2ccc(CO[C@H]3CNC[C@@H](OCCCn4cncn4)[C@@H]3c3ccc(COCCOC)cc3)cc21. The molecule has 1 aromatic heterocycles. The fourth-order valence-corrected chi connectivity index (χ4v) is 5.84. The van der Waals surface area contributed by atoms with E-state index in [1.807, 2.05) is 4.68 Å². The molecule has 0 saturated carbocycles. The third-order valence-corrected chi connectivity index (χ3v) is 8.11. The summed E-state index contributed by atoms with van der Waals surface area (Å²) in [5.74, 6) is 1.01. The summed E-state index contributed by atoms with van der Waals surface area (Å²) in [5.41, 5.74) is 4.60. The number of ether oxygens (including phenoxy) is 6. The molecule has 1 N–H and O–H groups in total. The standard InChI is InChI=1S/C33H47N5O6/c1-39-14-3-11-37-13-16-43-30-10-7-27(19-29(30)37)23-44-32-21-34-20-31(42-15-4-12-38-25-35-24-36-38)33(32)28-8-5-26(6-9-28)22-41-18-17-40-2/h5-10,19,24-25,31-34H,3-4,11-18,20-23H2,1-2H3/t31-,32+,33+/m1/s1. The topological polar surface area (TPSA) is 101 Å². The van der Waals surface area contributed by atoms with Crippen molar-refractivity contribution in [1.29, 1.82) is 0 Å². The highest BCUT2D eigenvalue weighted by Crippen LogP contribution is 2.34. The van der Waals surface area contributed by atoms with Crippen LogP contribution in [0.1, 0.15) is 35.4 Å². The van der Waals surface area contributed by atoms with Crippen LogP contribution in [0.15, 0.2) is 55.1 Å². The van der Waals surface area contributed by atoms with Gasteiger partial charge in [-0.1, -0.05) is 30.3 Å². The highest BCUT2D eigenvalue weighted by Gasteiger charge is 2.36. The van der Waals surface area contributed by atoms with Gasteiger partial charge < -0.3 is 38.6 Å². The van der Waals surface area contributed by atoms with E-state index >= 15 is 0 Å². The van der Waals surface area contributed by atoms with E-state index in [-0.39, 0.29) is 18.1 Å². The van der Waals surface area contributed by atoms with Crippen molar-refractivity contribution >= 4 is 5.69 Å². The Labute approximate surface area is 260 Å². The molecule has 11 nitrogen and oxygen atoms in total. The average molecular weight is 610 g/mol. The van der Waals surface area contributed by atoms with Gasteiger partial charge in [-0.2, -0.15) is 5.10 Å². The van der Waals surface area contributed by atoms with Gasteiger partial charge in [-0.25, -0.2) is 4.98 Å². The quantitative estimate of drug-likeness (QED) is 0.216. The Balaban J connectivity index is 1.25. The van der Waals surface area contributed by atoms with Crippen molar-refractivity contribution in [3.63, 3.8) is 0 Å². The van der Waals surface area contributed by atoms with Crippen LogP contribution in [0.3, 0.4) is 0 Å². The second-order valence-corrected chi connectivity index (χ2v) is 11.2. The van der Waals surface area contributed by atoms with Crippen LogP contribution in [0.4, 0.5) is 5.69 Å². The summed E-state index contributed by atoms with van der Waals surface area (Å²) in [7, 11) is 3.43.